The largest absolute Gasteiger partial charge is 0.473 e. The first-order chi connectivity index (χ1) is 7.34. The van der Waals surface area contributed by atoms with Gasteiger partial charge in [-0.25, -0.2) is 4.98 Å². The Morgan fingerprint density at radius 2 is 1.94 bits per heavy atom. The van der Waals surface area contributed by atoms with Crippen LogP contribution in [0.3, 0.4) is 0 Å². The van der Waals surface area contributed by atoms with Crippen molar-refractivity contribution in [3.63, 3.8) is 0 Å². The van der Waals surface area contributed by atoms with Gasteiger partial charge in [0.1, 0.15) is 5.69 Å². The van der Waals surface area contributed by atoms with Gasteiger partial charge < -0.3 is 10.1 Å². The molecule has 0 bridgehead atoms. The van der Waals surface area contributed by atoms with Crippen LogP contribution in [0, 0.1) is 0 Å². The molecule has 1 aromatic rings. The second-order valence-corrected chi connectivity index (χ2v) is 3.46. The van der Waals surface area contributed by atoms with Crippen LogP contribution >= 0.6 is 0 Å². The average molecular weight is 234 g/mol. The fraction of sp³-hybridized carbons (Fsp3) is 0.500. The minimum absolute atomic E-state index is 0.0349. The van der Waals surface area contributed by atoms with E-state index in [1.165, 1.54) is 6.07 Å². The lowest BCUT2D eigenvalue weighted by Gasteiger charge is -2.14. The number of anilines is 1. The Labute approximate surface area is 91.6 Å². The molecule has 0 amide bonds. The van der Waals surface area contributed by atoms with Crippen LogP contribution in [0.25, 0.3) is 0 Å². The van der Waals surface area contributed by atoms with E-state index in [2.05, 4.69) is 10.3 Å². The number of pyridine rings is 1. The van der Waals surface area contributed by atoms with E-state index in [0.717, 1.165) is 6.07 Å². The molecule has 0 aliphatic carbocycles. The standard InChI is InChI=1S/C10H13F3N2O/c1-6(2)16-9-7(14-3)4-5-8(15-9)10(11,12)13/h4-6,14H,1-3H3. The zero-order chi connectivity index (χ0) is 12.3. The third-order valence-corrected chi connectivity index (χ3v) is 1.77. The van der Waals surface area contributed by atoms with Crippen LogP contribution in [0.1, 0.15) is 19.5 Å². The monoisotopic (exact) mass is 234 g/mol. The zero-order valence-corrected chi connectivity index (χ0v) is 9.22. The van der Waals surface area contributed by atoms with E-state index < -0.39 is 11.9 Å². The van der Waals surface area contributed by atoms with Crippen molar-refractivity contribution in [2.45, 2.75) is 26.1 Å². The first-order valence-electron chi connectivity index (χ1n) is 4.77. The lowest BCUT2D eigenvalue weighted by Crippen LogP contribution is -2.13. The molecule has 16 heavy (non-hydrogen) atoms. The Hall–Kier alpha value is -1.46. The van der Waals surface area contributed by atoms with Crippen LogP contribution in [0.5, 0.6) is 5.88 Å². The van der Waals surface area contributed by atoms with Crippen molar-refractivity contribution in [2.24, 2.45) is 0 Å². The fourth-order valence-electron chi connectivity index (χ4n) is 1.10. The third kappa shape index (κ3) is 3.01. The highest BCUT2D eigenvalue weighted by Gasteiger charge is 2.33. The third-order valence-electron chi connectivity index (χ3n) is 1.77. The summed E-state index contributed by atoms with van der Waals surface area (Å²) in [5.41, 5.74) is -0.524. The Balaban J connectivity index is 3.11. The minimum Gasteiger partial charge on any atom is -0.473 e. The molecule has 0 fully saturated rings. The summed E-state index contributed by atoms with van der Waals surface area (Å²) in [7, 11) is 1.59. The molecule has 1 aromatic heterocycles. The van der Waals surface area contributed by atoms with Crippen LogP contribution < -0.4 is 10.1 Å². The molecule has 0 aliphatic heterocycles. The van der Waals surface area contributed by atoms with E-state index in [0.29, 0.717) is 5.69 Å². The van der Waals surface area contributed by atoms with Crippen molar-refractivity contribution in [1.82, 2.24) is 4.98 Å². The van der Waals surface area contributed by atoms with Gasteiger partial charge in [-0.15, -0.1) is 0 Å². The SMILES string of the molecule is CNc1ccc(C(F)(F)F)nc1OC(C)C. The van der Waals surface area contributed by atoms with Crippen LogP contribution in [0.15, 0.2) is 12.1 Å². The summed E-state index contributed by atoms with van der Waals surface area (Å²) in [6.45, 7) is 3.45. The summed E-state index contributed by atoms with van der Waals surface area (Å²) < 4.78 is 42.4. The van der Waals surface area contributed by atoms with E-state index in [4.69, 9.17) is 4.74 Å². The van der Waals surface area contributed by atoms with Crippen molar-refractivity contribution in [1.29, 1.82) is 0 Å². The van der Waals surface area contributed by atoms with E-state index in [-0.39, 0.29) is 12.0 Å². The number of aromatic nitrogens is 1. The van der Waals surface area contributed by atoms with Gasteiger partial charge in [0.05, 0.1) is 11.8 Å². The van der Waals surface area contributed by atoms with Gasteiger partial charge in [-0.1, -0.05) is 0 Å². The minimum atomic E-state index is -4.46. The topological polar surface area (TPSA) is 34.2 Å². The number of nitrogens with one attached hydrogen (secondary N) is 1. The van der Waals surface area contributed by atoms with Crippen molar-refractivity contribution in [3.05, 3.63) is 17.8 Å². The number of hydrogen-bond acceptors (Lipinski definition) is 3. The zero-order valence-electron chi connectivity index (χ0n) is 9.22. The predicted molar refractivity (Wildman–Crippen MR) is 54.5 cm³/mol. The number of hydrogen-bond donors (Lipinski definition) is 1. The normalized spacial score (nSPS) is 11.7. The molecule has 0 aromatic carbocycles. The van der Waals surface area contributed by atoms with Crippen LogP contribution in [-0.4, -0.2) is 18.1 Å². The van der Waals surface area contributed by atoms with Gasteiger partial charge in [0, 0.05) is 7.05 Å². The highest BCUT2D eigenvalue weighted by Crippen LogP contribution is 2.32. The molecule has 0 radical (unpaired) electrons. The number of rotatable bonds is 3. The highest BCUT2D eigenvalue weighted by atomic mass is 19.4. The molecule has 3 nitrogen and oxygen atoms in total. The molecule has 0 saturated heterocycles. The summed E-state index contributed by atoms with van der Waals surface area (Å²) in [5, 5.41) is 2.72. The molecular formula is C10H13F3N2O. The Bertz CT molecular complexity index is 364. The summed E-state index contributed by atoms with van der Waals surface area (Å²) in [6.07, 6.45) is -4.69. The summed E-state index contributed by atoms with van der Waals surface area (Å²) in [5.74, 6) is -0.0349. The molecule has 90 valence electrons. The molecule has 0 saturated carbocycles. The maximum absolute atomic E-state index is 12.4. The lowest BCUT2D eigenvalue weighted by atomic mass is 10.3. The second kappa shape index (κ2) is 4.59. The summed E-state index contributed by atoms with van der Waals surface area (Å²) in [6, 6.07) is 2.21. The predicted octanol–water partition coefficient (Wildman–Crippen LogP) is 2.93. The average Bonchev–Trinajstić information content (AvgIpc) is 2.15. The van der Waals surface area contributed by atoms with Crippen molar-refractivity contribution >= 4 is 5.69 Å². The smallest absolute Gasteiger partial charge is 0.433 e. The van der Waals surface area contributed by atoms with E-state index in [9.17, 15) is 13.2 Å². The van der Waals surface area contributed by atoms with Crippen LogP contribution in [0.4, 0.5) is 18.9 Å². The van der Waals surface area contributed by atoms with Crippen molar-refractivity contribution in [2.75, 3.05) is 12.4 Å². The van der Waals surface area contributed by atoms with Gasteiger partial charge in [-0.3, -0.25) is 0 Å². The van der Waals surface area contributed by atoms with Gasteiger partial charge in [-0.05, 0) is 26.0 Å². The molecule has 6 heteroatoms. The van der Waals surface area contributed by atoms with E-state index >= 15 is 0 Å². The molecule has 0 spiro atoms. The fourth-order valence-corrected chi connectivity index (χ4v) is 1.10. The van der Waals surface area contributed by atoms with Gasteiger partial charge in [0.25, 0.3) is 0 Å². The number of halogens is 3. The molecular weight excluding hydrogens is 221 g/mol. The molecule has 1 N–H and O–H groups in total. The first kappa shape index (κ1) is 12.6. The Morgan fingerprint density at radius 1 is 1.31 bits per heavy atom. The van der Waals surface area contributed by atoms with Gasteiger partial charge in [0.2, 0.25) is 5.88 Å². The lowest BCUT2D eigenvalue weighted by molar-refractivity contribution is -0.141. The van der Waals surface area contributed by atoms with E-state index in [1.54, 1.807) is 20.9 Å². The first-order valence-corrected chi connectivity index (χ1v) is 4.77. The summed E-state index contributed by atoms with van der Waals surface area (Å²) >= 11 is 0. The van der Waals surface area contributed by atoms with E-state index in [1.807, 2.05) is 0 Å². The van der Waals surface area contributed by atoms with Gasteiger partial charge in [0.15, 0.2) is 0 Å². The van der Waals surface area contributed by atoms with Crippen LogP contribution in [-0.2, 0) is 6.18 Å². The van der Waals surface area contributed by atoms with Crippen molar-refractivity contribution < 1.29 is 17.9 Å². The van der Waals surface area contributed by atoms with Gasteiger partial charge >= 0.3 is 6.18 Å². The Kier molecular flexibility index (Phi) is 3.62. The number of ether oxygens (including phenoxy) is 1. The van der Waals surface area contributed by atoms with Crippen molar-refractivity contribution in [3.8, 4) is 5.88 Å². The molecule has 0 atom stereocenters. The van der Waals surface area contributed by atoms with Gasteiger partial charge in [-0.2, -0.15) is 13.2 Å². The molecule has 0 aliphatic rings. The highest BCUT2D eigenvalue weighted by molar-refractivity contribution is 5.52. The molecule has 1 rings (SSSR count). The second-order valence-electron chi connectivity index (χ2n) is 3.46. The maximum Gasteiger partial charge on any atom is 0.433 e. The Morgan fingerprint density at radius 3 is 2.38 bits per heavy atom. The summed E-state index contributed by atoms with van der Waals surface area (Å²) in [4.78, 5) is 3.45. The number of alkyl halides is 3. The molecule has 1 heterocycles. The number of nitrogens with zero attached hydrogens (tertiary/aromatic N) is 1. The van der Waals surface area contributed by atoms with Crippen LogP contribution in [0.2, 0.25) is 0 Å². The maximum atomic E-state index is 12.4. The quantitative estimate of drug-likeness (QED) is 0.873. The molecule has 0 unspecified atom stereocenters.